The largest absolute Gasteiger partial charge is 0.482 e. The zero-order valence-electron chi connectivity index (χ0n) is 11.4. The van der Waals surface area contributed by atoms with Gasteiger partial charge < -0.3 is 4.74 Å². The number of hydrazone groups is 1. The number of benzene rings is 1. The van der Waals surface area contributed by atoms with E-state index in [1.54, 1.807) is 37.4 Å². The molecule has 0 aliphatic rings. The molecule has 21 heavy (non-hydrogen) atoms. The number of para-hydroxylation sites is 1. The van der Waals surface area contributed by atoms with Crippen molar-refractivity contribution in [1.29, 1.82) is 0 Å². The minimum atomic E-state index is -0.370. The predicted molar refractivity (Wildman–Crippen MR) is 81.5 cm³/mol. The van der Waals surface area contributed by atoms with Gasteiger partial charge in [-0.05, 0) is 31.2 Å². The smallest absolute Gasteiger partial charge is 0.277 e. The Bertz CT molecular complexity index is 644. The van der Waals surface area contributed by atoms with Gasteiger partial charge in [0, 0.05) is 6.20 Å². The van der Waals surface area contributed by atoms with Gasteiger partial charge >= 0.3 is 0 Å². The summed E-state index contributed by atoms with van der Waals surface area (Å²) < 4.78 is 5.31. The Morgan fingerprint density at radius 1 is 1.29 bits per heavy atom. The number of hydrogen-bond acceptors (Lipinski definition) is 4. The van der Waals surface area contributed by atoms with Gasteiger partial charge in [0.05, 0.1) is 16.4 Å². The number of ether oxygens (including phenoxy) is 1. The molecule has 0 spiro atoms. The highest BCUT2D eigenvalue weighted by molar-refractivity contribution is 6.32. The van der Waals surface area contributed by atoms with Crippen LogP contribution in [0.15, 0.2) is 53.8 Å². The number of carbonyl (C=O) groups excluding carboxylic acids is 1. The van der Waals surface area contributed by atoms with Crippen molar-refractivity contribution < 1.29 is 9.53 Å². The molecule has 6 heteroatoms. The lowest BCUT2D eigenvalue weighted by molar-refractivity contribution is -0.123. The Morgan fingerprint density at radius 3 is 2.76 bits per heavy atom. The zero-order chi connectivity index (χ0) is 15.1. The first kappa shape index (κ1) is 15.0. The number of nitrogens with zero attached hydrogens (tertiary/aromatic N) is 2. The van der Waals surface area contributed by atoms with Crippen LogP contribution in [0.5, 0.6) is 5.75 Å². The molecule has 0 saturated heterocycles. The second kappa shape index (κ2) is 7.40. The summed E-state index contributed by atoms with van der Waals surface area (Å²) in [5.74, 6) is 0.0879. The van der Waals surface area contributed by atoms with Gasteiger partial charge in [0.25, 0.3) is 5.91 Å². The molecule has 0 fully saturated rings. The molecular formula is C15H14ClN3O2. The van der Waals surface area contributed by atoms with E-state index < -0.39 is 0 Å². The van der Waals surface area contributed by atoms with Crippen molar-refractivity contribution in [3.63, 3.8) is 0 Å². The monoisotopic (exact) mass is 303 g/mol. The topological polar surface area (TPSA) is 63.6 Å². The molecule has 1 N–H and O–H groups in total. The van der Waals surface area contributed by atoms with Crippen LogP contribution in [0, 0.1) is 0 Å². The quantitative estimate of drug-likeness (QED) is 0.682. The van der Waals surface area contributed by atoms with Crippen LogP contribution in [0.1, 0.15) is 12.6 Å². The van der Waals surface area contributed by atoms with Crippen molar-refractivity contribution in [3.05, 3.63) is 59.4 Å². The summed E-state index contributed by atoms with van der Waals surface area (Å²) in [6.45, 7) is 1.60. The van der Waals surface area contributed by atoms with Crippen molar-refractivity contribution in [3.8, 4) is 5.75 Å². The summed E-state index contributed by atoms with van der Waals surface area (Å²) in [6, 6.07) is 12.4. The number of rotatable bonds is 5. The summed E-state index contributed by atoms with van der Waals surface area (Å²) in [5, 5.41) is 4.43. The van der Waals surface area contributed by atoms with Gasteiger partial charge in [0.2, 0.25) is 0 Å². The van der Waals surface area contributed by atoms with E-state index in [0.717, 1.165) is 0 Å². The second-order valence-electron chi connectivity index (χ2n) is 4.17. The highest BCUT2D eigenvalue weighted by Gasteiger charge is 2.05. The van der Waals surface area contributed by atoms with Gasteiger partial charge in [0.1, 0.15) is 5.75 Å². The Hall–Kier alpha value is -2.40. The summed E-state index contributed by atoms with van der Waals surface area (Å²) in [5.41, 5.74) is 3.72. The van der Waals surface area contributed by atoms with E-state index in [1.165, 1.54) is 0 Å². The molecule has 1 heterocycles. The molecular weight excluding hydrogens is 290 g/mol. The summed E-state index contributed by atoms with van der Waals surface area (Å²) >= 11 is 5.92. The number of amides is 1. The minimum Gasteiger partial charge on any atom is -0.482 e. The fourth-order valence-corrected chi connectivity index (χ4v) is 1.71. The Kier molecular flexibility index (Phi) is 5.29. The number of halogens is 1. The molecule has 0 bridgehead atoms. The molecule has 5 nitrogen and oxygen atoms in total. The standard InChI is InChI=1S/C15H14ClN3O2/c1-11(13-7-4-5-9-17-13)18-19-15(20)10-21-14-8-3-2-6-12(14)16/h2-9H,10H2,1H3,(H,19,20)/b18-11+. The van der Waals surface area contributed by atoms with Crippen LogP contribution in [0.25, 0.3) is 0 Å². The molecule has 0 aliphatic carbocycles. The fraction of sp³-hybridized carbons (Fsp3) is 0.133. The summed E-state index contributed by atoms with van der Waals surface area (Å²) in [6.07, 6.45) is 1.66. The van der Waals surface area contributed by atoms with E-state index in [-0.39, 0.29) is 12.5 Å². The Morgan fingerprint density at radius 2 is 2.05 bits per heavy atom. The normalized spacial score (nSPS) is 11.0. The lowest BCUT2D eigenvalue weighted by atomic mass is 10.3. The van der Waals surface area contributed by atoms with E-state index in [2.05, 4.69) is 15.5 Å². The number of nitrogens with one attached hydrogen (secondary N) is 1. The average molecular weight is 304 g/mol. The first-order valence-corrected chi connectivity index (χ1v) is 6.66. The van der Waals surface area contributed by atoms with Crippen molar-refractivity contribution in [1.82, 2.24) is 10.4 Å². The molecule has 108 valence electrons. The third-order valence-corrected chi connectivity index (χ3v) is 2.89. The SMILES string of the molecule is C/C(=N\NC(=O)COc1ccccc1Cl)c1ccccn1. The molecule has 0 saturated carbocycles. The Labute approximate surface area is 127 Å². The molecule has 2 aromatic rings. The first-order chi connectivity index (χ1) is 10.2. The highest BCUT2D eigenvalue weighted by Crippen LogP contribution is 2.22. The predicted octanol–water partition coefficient (Wildman–Crippen LogP) is 2.65. The molecule has 0 unspecified atom stereocenters. The number of hydrogen-bond donors (Lipinski definition) is 1. The van der Waals surface area contributed by atoms with E-state index in [0.29, 0.717) is 22.2 Å². The zero-order valence-corrected chi connectivity index (χ0v) is 12.2. The van der Waals surface area contributed by atoms with Crippen LogP contribution >= 0.6 is 11.6 Å². The minimum absolute atomic E-state index is 0.164. The van der Waals surface area contributed by atoms with Crippen LogP contribution in [0.4, 0.5) is 0 Å². The lowest BCUT2D eigenvalue weighted by Crippen LogP contribution is -2.25. The van der Waals surface area contributed by atoms with Crippen molar-refractivity contribution in [2.45, 2.75) is 6.92 Å². The maximum atomic E-state index is 11.7. The van der Waals surface area contributed by atoms with Crippen LogP contribution in [0.2, 0.25) is 5.02 Å². The van der Waals surface area contributed by atoms with Gasteiger partial charge in [-0.3, -0.25) is 9.78 Å². The molecule has 1 aromatic carbocycles. The van der Waals surface area contributed by atoms with Crippen LogP contribution < -0.4 is 10.2 Å². The third kappa shape index (κ3) is 4.57. The number of pyridine rings is 1. The first-order valence-electron chi connectivity index (χ1n) is 6.28. The second-order valence-corrected chi connectivity index (χ2v) is 4.57. The van der Waals surface area contributed by atoms with Gasteiger partial charge in [-0.1, -0.05) is 29.8 Å². The van der Waals surface area contributed by atoms with E-state index >= 15 is 0 Å². The van der Waals surface area contributed by atoms with Gasteiger partial charge in [-0.25, -0.2) is 5.43 Å². The number of carbonyl (C=O) groups is 1. The molecule has 1 amide bonds. The summed E-state index contributed by atoms with van der Waals surface area (Å²) in [4.78, 5) is 15.8. The highest BCUT2D eigenvalue weighted by atomic mass is 35.5. The maximum Gasteiger partial charge on any atom is 0.277 e. The number of aromatic nitrogens is 1. The maximum absolute atomic E-state index is 11.7. The fourth-order valence-electron chi connectivity index (χ4n) is 1.52. The van der Waals surface area contributed by atoms with Gasteiger partial charge in [0.15, 0.2) is 6.61 Å². The molecule has 0 atom stereocenters. The van der Waals surface area contributed by atoms with E-state index in [4.69, 9.17) is 16.3 Å². The molecule has 0 radical (unpaired) electrons. The van der Waals surface area contributed by atoms with E-state index in [9.17, 15) is 4.79 Å². The lowest BCUT2D eigenvalue weighted by Gasteiger charge is -2.06. The van der Waals surface area contributed by atoms with Gasteiger partial charge in [-0.2, -0.15) is 5.10 Å². The molecule has 0 aliphatic heterocycles. The van der Waals surface area contributed by atoms with Crippen LogP contribution in [-0.4, -0.2) is 23.2 Å². The van der Waals surface area contributed by atoms with Crippen molar-refractivity contribution in [2.75, 3.05) is 6.61 Å². The third-order valence-electron chi connectivity index (χ3n) is 2.58. The van der Waals surface area contributed by atoms with E-state index in [1.807, 2.05) is 18.2 Å². The van der Waals surface area contributed by atoms with Crippen molar-refractivity contribution in [2.24, 2.45) is 5.10 Å². The summed E-state index contributed by atoms with van der Waals surface area (Å²) in [7, 11) is 0. The Balaban J connectivity index is 1.87. The van der Waals surface area contributed by atoms with Crippen molar-refractivity contribution >= 4 is 23.2 Å². The van der Waals surface area contributed by atoms with Gasteiger partial charge in [-0.15, -0.1) is 0 Å². The van der Waals surface area contributed by atoms with Crippen LogP contribution in [0.3, 0.4) is 0 Å². The molecule has 1 aromatic heterocycles. The average Bonchev–Trinajstić information content (AvgIpc) is 2.52. The molecule has 2 rings (SSSR count). The van der Waals surface area contributed by atoms with Crippen LogP contribution in [-0.2, 0) is 4.79 Å².